The quantitative estimate of drug-likeness (QED) is 0.884. The molecule has 0 spiro atoms. The zero-order valence-corrected chi connectivity index (χ0v) is 11.2. The van der Waals surface area contributed by atoms with Crippen molar-refractivity contribution in [1.82, 2.24) is 5.32 Å². The highest BCUT2D eigenvalue weighted by atomic mass is 16.5. The minimum Gasteiger partial charge on any atom is -0.374 e. The maximum absolute atomic E-state index is 5.86. The summed E-state index contributed by atoms with van der Waals surface area (Å²) in [6.07, 6.45) is 7.01. The smallest absolute Gasteiger partial charge is 0.0704 e. The summed E-state index contributed by atoms with van der Waals surface area (Å²) in [5, 5.41) is 3.70. The first kappa shape index (κ1) is 12.2. The average Bonchev–Trinajstić information content (AvgIpc) is 2.82. The van der Waals surface area contributed by atoms with Gasteiger partial charge in [0.1, 0.15) is 0 Å². The van der Waals surface area contributed by atoms with Crippen LogP contribution in [0.15, 0.2) is 24.3 Å². The van der Waals surface area contributed by atoms with E-state index in [-0.39, 0.29) is 0 Å². The van der Waals surface area contributed by atoms with Crippen molar-refractivity contribution in [2.75, 3.05) is 6.54 Å². The Morgan fingerprint density at radius 1 is 1.17 bits per heavy atom. The van der Waals surface area contributed by atoms with E-state index in [0.717, 1.165) is 6.54 Å². The molecule has 1 aromatic rings. The van der Waals surface area contributed by atoms with Gasteiger partial charge in [-0.05, 0) is 50.2 Å². The molecule has 0 amide bonds. The van der Waals surface area contributed by atoms with E-state index in [1.165, 1.54) is 37.7 Å². The Morgan fingerprint density at radius 2 is 2.00 bits per heavy atom. The van der Waals surface area contributed by atoms with Crippen LogP contribution >= 0.6 is 0 Å². The molecule has 2 aliphatic rings. The molecule has 3 rings (SSSR count). The number of hydrogen-bond donors (Lipinski definition) is 1. The van der Waals surface area contributed by atoms with Gasteiger partial charge < -0.3 is 10.1 Å². The second kappa shape index (κ2) is 5.41. The van der Waals surface area contributed by atoms with Crippen LogP contribution in [0, 0.1) is 0 Å². The Bertz CT molecular complexity index is 404. The molecular weight excluding hydrogens is 222 g/mol. The van der Waals surface area contributed by atoms with Gasteiger partial charge in [-0.15, -0.1) is 0 Å². The second-order valence-electron chi connectivity index (χ2n) is 5.76. The zero-order valence-electron chi connectivity index (χ0n) is 11.2. The number of fused-ring (bicyclic) bond motifs is 1. The third-order valence-electron chi connectivity index (χ3n) is 4.30. The first-order valence-electron chi connectivity index (χ1n) is 7.27. The molecule has 0 radical (unpaired) electrons. The van der Waals surface area contributed by atoms with E-state index in [2.05, 4.69) is 36.5 Å². The molecule has 1 fully saturated rings. The number of ether oxygens (including phenoxy) is 1. The summed E-state index contributed by atoms with van der Waals surface area (Å²) >= 11 is 0. The van der Waals surface area contributed by atoms with E-state index in [0.29, 0.717) is 18.2 Å². The fourth-order valence-corrected chi connectivity index (χ4v) is 3.21. The third kappa shape index (κ3) is 2.76. The fourth-order valence-electron chi connectivity index (χ4n) is 3.21. The van der Waals surface area contributed by atoms with Crippen molar-refractivity contribution in [3.63, 3.8) is 0 Å². The van der Waals surface area contributed by atoms with Gasteiger partial charge >= 0.3 is 0 Å². The van der Waals surface area contributed by atoms with Crippen LogP contribution in [0.5, 0.6) is 0 Å². The summed E-state index contributed by atoms with van der Waals surface area (Å²) in [5.74, 6) is 0. The lowest BCUT2D eigenvalue weighted by molar-refractivity contribution is 0.0540. The molecule has 0 aromatic heterocycles. The molecule has 2 heteroatoms. The third-order valence-corrected chi connectivity index (χ3v) is 4.30. The van der Waals surface area contributed by atoms with Gasteiger partial charge in [0, 0.05) is 12.6 Å². The average molecular weight is 245 g/mol. The predicted molar refractivity (Wildman–Crippen MR) is 73.8 cm³/mol. The summed E-state index contributed by atoms with van der Waals surface area (Å²) in [6, 6.07) is 9.49. The van der Waals surface area contributed by atoms with Crippen LogP contribution in [0.25, 0.3) is 0 Å². The minimum atomic E-state index is 0.442. The Labute approximate surface area is 110 Å². The van der Waals surface area contributed by atoms with Crippen molar-refractivity contribution in [2.45, 2.75) is 57.3 Å². The van der Waals surface area contributed by atoms with E-state index in [1.54, 1.807) is 5.56 Å². The summed E-state index contributed by atoms with van der Waals surface area (Å²) in [6.45, 7) is 3.20. The van der Waals surface area contributed by atoms with E-state index < -0.39 is 0 Å². The topological polar surface area (TPSA) is 21.3 Å². The Hall–Kier alpha value is -0.860. The SMILES string of the molecule is CC1CCC(CNC2CCc3ccccc3C2)O1. The minimum absolute atomic E-state index is 0.442. The molecule has 1 heterocycles. The summed E-state index contributed by atoms with van der Waals surface area (Å²) < 4.78 is 5.86. The van der Waals surface area contributed by atoms with E-state index in [9.17, 15) is 0 Å². The zero-order chi connectivity index (χ0) is 12.4. The van der Waals surface area contributed by atoms with Crippen molar-refractivity contribution in [2.24, 2.45) is 0 Å². The number of hydrogen-bond acceptors (Lipinski definition) is 2. The van der Waals surface area contributed by atoms with Crippen LogP contribution in [0.4, 0.5) is 0 Å². The Kier molecular flexibility index (Phi) is 3.67. The van der Waals surface area contributed by atoms with Gasteiger partial charge in [-0.2, -0.15) is 0 Å². The van der Waals surface area contributed by atoms with Crippen LogP contribution in [0.2, 0.25) is 0 Å². The highest BCUT2D eigenvalue weighted by Crippen LogP contribution is 2.22. The maximum Gasteiger partial charge on any atom is 0.0704 e. The molecule has 18 heavy (non-hydrogen) atoms. The summed E-state index contributed by atoms with van der Waals surface area (Å²) in [5.41, 5.74) is 3.07. The van der Waals surface area contributed by atoms with E-state index in [1.807, 2.05) is 0 Å². The molecule has 3 unspecified atom stereocenters. The van der Waals surface area contributed by atoms with Gasteiger partial charge in [0.05, 0.1) is 12.2 Å². The molecule has 1 N–H and O–H groups in total. The molecule has 0 bridgehead atoms. The van der Waals surface area contributed by atoms with Gasteiger partial charge in [0.15, 0.2) is 0 Å². The first-order chi connectivity index (χ1) is 8.81. The van der Waals surface area contributed by atoms with Gasteiger partial charge in [-0.25, -0.2) is 0 Å². The molecule has 1 saturated heterocycles. The molecule has 0 saturated carbocycles. The number of rotatable bonds is 3. The number of aryl methyl sites for hydroxylation is 1. The normalized spacial score (nSPS) is 31.3. The van der Waals surface area contributed by atoms with Crippen molar-refractivity contribution < 1.29 is 4.74 Å². The molecule has 1 aliphatic carbocycles. The number of nitrogens with one attached hydrogen (secondary N) is 1. The maximum atomic E-state index is 5.86. The van der Waals surface area contributed by atoms with Crippen LogP contribution < -0.4 is 5.32 Å². The summed E-state index contributed by atoms with van der Waals surface area (Å²) in [7, 11) is 0. The first-order valence-corrected chi connectivity index (χ1v) is 7.27. The molecule has 1 aromatic carbocycles. The lowest BCUT2D eigenvalue weighted by atomic mass is 9.88. The van der Waals surface area contributed by atoms with Gasteiger partial charge in [-0.1, -0.05) is 24.3 Å². The standard InChI is InChI=1S/C16H23NO/c1-12-6-9-16(18-12)11-17-15-8-7-13-4-2-3-5-14(13)10-15/h2-5,12,15-17H,6-11H2,1H3. The van der Waals surface area contributed by atoms with Crippen LogP contribution in [-0.2, 0) is 17.6 Å². The van der Waals surface area contributed by atoms with Gasteiger partial charge in [0.2, 0.25) is 0 Å². The fraction of sp³-hybridized carbons (Fsp3) is 0.625. The van der Waals surface area contributed by atoms with Crippen molar-refractivity contribution in [3.05, 3.63) is 35.4 Å². The van der Waals surface area contributed by atoms with Gasteiger partial charge in [-0.3, -0.25) is 0 Å². The predicted octanol–water partition coefficient (Wildman–Crippen LogP) is 2.70. The molecule has 1 aliphatic heterocycles. The highest BCUT2D eigenvalue weighted by Gasteiger charge is 2.23. The Balaban J connectivity index is 1.51. The molecule has 2 nitrogen and oxygen atoms in total. The molecule has 98 valence electrons. The molecular formula is C16H23NO. The monoisotopic (exact) mass is 245 g/mol. The van der Waals surface area contributed by atoms with Gasteiger partial charge in [0.25, 0.3) is 0 Å². The van der Waals surface area contributed by atoms with Crippen molar-refractivity contribution in [1.29, 1.82) is 0 Å². The largest absolute Gasteiger partial charge is 0.374 e. The van der Waals surface area contributed by atoms with E-state index >= 15 is 0 Å². The van der Waals surface area contributed by atoms with Crippen molar-refractivity contribution in [3.8, 4) is 0 Å². The van der Waals surface area contributed by atoms with E-state index in [4.69, 9.17) is 4.74 Å². The number of benzene rings is 1. The lowest BCUT2D eigenvalue weighted by Gasteiger charge is -2.26. The van der Waals surface area contributed by atoms with Crippen LogP contribution in [0.3, 0.4) is 0 Å². The van der Waals surface area contributed by atoms with Crippen molar-refractivity contribution >= 4 is 0 Å². The second-order valence-corrected chi connectivity index (χ2v) is 5.76. The summed E-state index contributed by atoms with van der Waals surface area (Å²) in [4.78, 5) is 0. The lowest BCUT2D eigenvalue weighted by Crippen LogP contribution is -2.39. The Morgan fingerprint density at radius 3 is 2.78 bits per heavy atom. The highest BCUT2D eigenvalue weighted by molar-refractivity contribution is 5.30. The van der Waals surface area contributed by atoms with Crippen LogP contribution in [-0.4, -0.2) is 24.8 Å². The van der Waals surface area contributed by atoms with Crippen LogP contribution in [0.1, 0.15) is 37.3 Å². The molecule has 3 atom stereocenters.